The Hall–Kier alpha value is -0.940. The minimum Gasteiger partial charge on any atom is -0.381 e. The third-order valence-corrected chi connectivity index (χ3v) is 4.17. The molecule has 1 heterocycles. The molecule has 1 unspecified atom stereocenters. The van der Waals surface area contributed by atoms with Crippen LogP contribution in [0.4, 0.5) is 0 Å². The predicted octanol–water partition coefficient (Wildman–Crippen LogP) is 1.96. The Labute approximate surface area is 121 Å². The summed E-state index contributed by atoms with van der Waals surface area (Å²) >= 11 is 0. The average molecular weight is 278 g/mol. The number of rotatable bonds is 6. The second-order valence-electron chi connectivity index (χ2n) is 5.52. The van der Waals surface area contributed by atoms with Gasteiger partial charge in [0.05, 0.1) is 11.6 Å². The van der Waals surface area contributed by atoms with Gasteiger partial charge in [-0.3, -0.25) is 11.3 Å². The van der Waals surface area contributed by atoms with Crippen LogP contribution in [0.3, 0.4) is 0 Å². The normalized spacial score (nSPS) is 19.8. The molecule has 1 aliphatic heterocycles. The largest absolute Gasteiger partial charge is 0.381 e. The van der Waals surface area contributed by atoms with Gasteiger partial charge in [-0.15, -0.1) is 0 Å². The number of hydrazine groups is 1. The molecule has 4 heteroatoms. The van der Waals surface area contributed by atoms with Gasteiger partial charge in [0.15, 0.2) is 0 Å². The van der Waals surface area contributed by atoms with Gasteiger partial charge in [0.2, 0.25) is 0 Å². The van der Waals surface area contributed by atoms with Crippen molar-refractivity contribution in [1.82, 2.24) is 5.43 Å². The Balaban J connectivity index is 2.13. The predicted molar refractivity (Wildman–Crippen MR) is 80.4 cm³/mol. The van der Waals surface area contributed by atoms with Gasteiger partial charge in [0.1, 0.15) is 0 Å². The molecule has 1 fully saturated rings. The number of ether oxygens (including phenoxy) is 2. The maximum absolute atomic E-state index is 6.10. The van der Waals surface area contributed by atoms with E-state index < -0.39 is 0 Å². The van der Waals surface area contributed by atoms with E-state index in [1.165, 1.54) is 11.1 Å². The van der Waals surface area contributed by atoms with Crippen molar-refractivity contribution in [3.8, 4) is 0 Å². The molecule has 1 saturated heterocycles. The average Bonchev–Trinajstić information content (AvgIpc) is 2.48. The smallest absolute Gasteiger partial charge is 0.0895 e. The molecule has 1 atom stereocenters. The molecule has 3 N–H and O–H groups in total. The number of nitrogens with two attached hydrogens (primary N) is 1. The fraction of sp³-hybridized carbons (Fsp3) is 0.625. The number of nitrogens with one attached hydrogen (secondary N) is 1. The van der Waals surface area contributed by atoms with Gasteiger partial charge in [-0.05, 0) is 25.8 Å². The zero-order valence-corrected chi connectivity index (χ0v) is 12.5. The topological polar surface area (TPSA) is 56.5 Å². The van der Waals surface area contributed by atoms with E-state index in [9.17, 15) is 0 Å². The Morgan fingerprint density at radius 1 is 1.30 bits per heavy atom. The van der Waals surface area contributed by atoms with E-state index >= 15 is 0 Å². The summed E-state index contributed by atoms with van der Waals surface area (Å²) in [5, 5.41) is 0. The van der Waals surface area contributed by atoms with Crippen LogP contribution in [-0.2, 0) is 15.9 Å². The van der Waals surface area contributed by atoms with Gasteiger partial charge < -0.3 is 9.47 Å². The molecule has 0 radical (unpaired) electrons. The fourth-order valence-corrected chi connectivity index (χ4v) is 2.95. The van der Waals surface area contributed by atoms with Gasteiger partial charge >= 0.3 is 0 Å². The highest BCUT2D eigenvalue weighted by Crippen LogP contribution is 2.30. The molecular weight excluding hydrogens is 252 g/mol. The quantitative estimate of drug-likeness (QED) is 0.617. The highest BCUT2D eigenvalue weighted by Gasteiger charge is 2.40. The summed E-state index contributed by atoms with van der Waals surface area (Å²) in [4.78, 5) is 0. The molecule has 1 aromatic carbocycles. The summed E-state index contributed by atoms with van der Waals surface area (Å²) in [5.74, 6) is 5.83. The van der Waals surface area contributed by atoms with E-state index in [-0.39, 0.29) is 11.6 Å². The summed E-state index contributed by atoms with van der Waals surface area (Å²) in [6.45, 7) is 6.32. The standard InChI is InChI=1S/C16H26N2O2/c1-3-20-16(8-10-19-11-9-16)15(18-17)12-14-6-4-13(2)5-7-14/h4-7,15,18H,3,8-12,17H2,1-2H3. The molecule has 0 aliphatic carbocycles. The summed E-state index contributed by atoms with van der Waals surface area (Å²) in [6.07, 6.45) is 2.65. The molecule has 0 spiro atoms. The summed E-state index contributed by atoms with van der Waals surface area (Å²) < 4.78 is 11.6. The summed E-state index contributed by atoms with van der Waals surface area (Å²) in [7, 11) is 0. The maximum Gasteiger partial charge on any atom is 0.0895 e. The highest BCUT2D eigenvalue weighted by molar-refractivity contribution is 5.22. The van der Waals surface area contributed by atoms with Crippen molar-refractivity contribution in [2.24, 2.45) is 5.84 Å². The first-order valence-electron chi connectivity index (χ1n) is 7.43. The maximum atomic E-state index is 6.10. The Bertz CT molecular complexity index is 394. The lowest BCUT2D eigenvalue weighted by Gasteiger charge is -2.43. The zero-order chi connectivity index (χ0) is 14.4. The van der Waals surface area contributed by atoms with Gasteiger partial charge in [0, 0.05) is 32.7 Å². The van der Waals surface area contributed by atoms with Crippen LogP contribution in [-0.4, -0.2) is 31.5 Å². The van der Waals surface area contributed by atoms with Crippen LogP contribution in [0.5, 0.6) is 0 Å². The highest BCUT2D eigenvalue weighted by atomic mass is 16.5. The summed E-state index contributed by atoms with van der Waals surface area (Å²) in [6, 6.07) is 8.71. The van der Waals surface area contributed by atoms with Gasteiger partial charge in [0.25, 0.3) is 0 Å². The van der Waals surface area contributed by atoms with Crippen molar-refractivity contribution in [3.63, 3.8) is 0 Å². The molecular formula is C16H26N2O2. The van der Waals surface area contributed by atoms with Crippen LogP contribution < -0.4 is 11.3 Å². The molecule has 112 valence electrons. The molecule has 20 heavy (non-hydrogen) atoms. The number of aryl methyl sites for hydroxylation is 1. The van der Waals surface area contributed by atoms with Crippen molar-refractivity contribution in [3.05, 3.63) is 35.4 Å². The van der Waals surface area contributed by atoms with Crippen LogP contribution in [0.1, 0.15) is 30.9 Å². The molecule has 0 aromatic heterocycles. The Morgan fingerprint density at radius 2 is 1.95 bits per heavy atom. The molecule has 1 aliphatic rings. The van der Waals surface area contributed by atoms with E-state index in [1.807, 2.05) is 6.92 Å². The Kier molecular flexibility index (Phi) is 5.54. The lowest BCUT2D eigenvalue weighted by molar-refractivity contribution is -0.126. The second-order valence-corrected chi connectivity index (χ2v) is 5.52. The van der Waals surface area contributed by atoms with Gasteiger partial charge in [-0.25, -0.2) is 0 Å². The molecule has 4 nitrogen and oxygen atoms in total. The van der Waals surface area contributed by atoms with E-state index in [1.54, 1.807) is 0 Å². The van der Waals surface area contributed by atoms with Crippen molar-refractivity contribution < 1.29 is 9.47 Å². The van der Waals surface area contributed by atoms with E-state index in [4.69, 9.17) is 15.3 Å². The van der Waals surface area contributed by atoms with Crippen molar-refractivity contribution in [2.75, 3.05) is 19.8 Å². The number of hydrogen-bond donors (Lipinski definition) is 2. The van der Waals surface area contributed by atoms with Crippen LogP contribution >= 0.6 is 0 Å². The molecule has 0 saturated carbocycles. The lowest BCUT2D eigenvalue weighted by atomic mass is 9.83. The summed E-state index contributed by atoms with van der Waals surface area (Å²) in [5.41, 5.74) is 5.32. The van der Waals surface area contributed by atoms with Crippen LogP contribution in [0.2, 0.25) is 0 Å². The molecule has 1 aromatic rings. The van der Waals surface area contributed by atoms with Gasteiger partial charge in [-0.1, -0.05) is 29.8 Å². The van der Waals surface area contributed by atoms with E-state index in [2.05, 4.69) is 36.6 Å². The number of benzene rings is 1. The second kappa shape index (κ2) is 7.18. The first-order valence-corrected chi connectivity index (χ1v) is 7.43. The van der Waals surface area contributed by atoms with E-state index in [0.717, 1.165) is 32.5 Å². The monoisotopic (exact) mass is 278 g/mol. The van der Waals surface area contributed by atoms with Crippen molar-refractivity contribution >= 4 is 0 Å². The fourth-order valence-electron chi connectivity index (χ4n) is 2.95. The minimum absolute atomic E-state index is 0.106. The van der Waals surface area contributed by atoms with Crippen molar-refractivity contribution in [1.29, 1.82) is 0 Å². The first-order chi connectivity index (χ1) is 9.70. The van der Waals surface area contributed by atoms with E-state index in [0.29, 0.717) is 6.61 Å². The lowest BCUT2D eigenvalue weighted by Crippen LogP contribution is -2.58. The van der Waals surface area contributed by atoms with Crippen LogP contribution in [0.15, 0.2) is 24.3 Å². The zero-order valence-electron chi connectivity index (χ0n) is 12.5. The van der Waals surface area contributed by atoms with Gasteiger partial charge in [-0.2, -0.15) is 0 Å². The SMILES string of the molecule is CCOC1(C(Cc2ccc(C)cc2)NN)CCOCC1. The van der Waals surface area contributed by atoms with Crippen LogP contribution in [0, 0.1) is 6.92 Å². The third kappa shape index (κ3) is 3.58. The third-order valence-electron chi connectivity index (χ3n) is 4.17. The van der Waals surface area contributed by atoms with Crippen LogP contribution in [0.25, 0.3) is 0 Å². The van der Waals surface area contributed by atoms with Crippen molar-refractivity contribution in [2.45, 2.75) is 44.8 Å². The molecule has 0 amide bonds. The molecule has 2 rings (SSSR count). The molecule has 0 bridgehead atoms. The minimum atomic E-state index is -0.216. The number of hydrogen-bond acceptors (Lipinski definition) is 4. The first kappa shape index (κ1) is 15.4. The Morgan fingerprint density at radius 3 is 2.50 bits per heavy atom.